The fraction of sp³-hybridized carbons (Fsp3) is 0.611. The largest absolute Gasteiger partial charge is 0.339 e. The van der Waals surface area contributed by atoms with Gasteiger partial charge in [-0.2, -0.15) is 4.31 Å². The maximum absolute atomic E-state index is 14.5. The number of likely N-dealkylation sites (tertiary alicyclic amines) is 1. The molecule has 2 unspecified atom stereocenters. The Hall–Kier alpha value is -1.22. The highest BCUT2D eigenvalue weighted by Crippen LogP contribution is 2.26. The van der Waals surface area contributed by atoms with Crippen molar-refractivity contribution in [2.24, 2.45) is 11.7 Å². The first-order valence-corrected chi connectivity index (χ1v) is 10.6. The average molecular weight is 420 g/mol. The van der Waals surface area contributed by atoms with Crippen LogP contribution < -0.4 is 5.73 Å². The van der Waals surface area contributed by atoms with Gasteiger partial charge in [-0.3, -0.25) is 4.79 Å². The van der Waals surface area contributed by atoms with Crippen molar-refractivity contribution in [2.75, 3.05) is 26.2 Å². The lowest BCUT2D eigenvalue weighted by Crippen LogP contribution is -2.45. The molecule has 2 fully saturated rings. The molecule has 0 bridgehead atoms. The van der Waals surface area contributed by atoms with Gasteiger partial charge < -0.3 is 10.6 Å². The van der Waals surface area contributed by atoms with Crippen molar-refractivity contribution in [2.45, 2.75) is 43.5 Å². The monoisotopic (exact) mass is 419 g/mol. The van der Waals surface area contributed by atoms with Crippen LogP contribution in [0, 0.1) is 11.7 Å². The fourth-order valence-electron chi connectivity index (χ4n) is 3.69. The molecule has 1 amide bonds. The number of carbonyl (C=O) groups excluding carboxylic acids is 1. The topological polar surface area (TPSA) is 83.7 Å². The summed E-state index contributed by atoms with van der Waals surface area (Å²) in [5, 5.41) is 0. The zero-order valence-electron chi connectivity index (χ0n) is 15.4. The van der Waals surface area contributed by atoms with Crippen molar-refractivity contribution in [1.82, 2.24) is 9.21 Å². The van der Waals surface area contributed by atoms with Crippen molar-refractivity contribution < 1.29 is 17.6 Å². The minimum absolute atomic E-state index is 0. The summed E-state index contributed by atoms with van der Waals surface area (Å²) < 4.78 is 41.6. The second kappa shape index (κ2) is 8.86. The average Bonchev–Trinajstić information content (AvgIpc) is 3.15. The van der Waals surface area contributed by atoms with E-state index in [2.05, 4.69) is 0 Å². The Morgan fingerprint density at radius 2 is 1.89 bits per heavy atom. The Kier molecular flexibility index (Phi) is 7.24. The minimum Gasteiger partial charge on any atom is -0.339 e. The van der Waals surface area contributed by atoms with Gasteiger partial charge in [0.15, 0.2) is 0 Å². The van der Waals surface area contributed by atoms with E-state index in [-0.39, 0.29) is 40.7 Å². The van der Waals surface area contributed by atoms with Crippen LogP contribution in [0.5, 0.6) is 0 Å². The zero-order valence-corrected chi connectivity index (χ0v) is 17.1. The SMILES string of the molecule is CC(N)C1CCCN(S(=O)(=O)c2ccc(C(=O)N3CCCC3)c(F)c2)C1.Cl. The quantitative estimate of drug-likeness (QED) is 0.811. The molecule has 9 heteroatoms. The van der Waals surface area contributed by atoms with Crippen molar-refractivity contribution in [3.63, 3.8) is 0 Å². The molecule has 0 saturated carbocycles. The van der Waals surface area contributed by atoms with Crippen molar-refractivity contribution in [3.05, 3.63) is 29.6 Å². The molecular formula is C18H27ClFN3O3S. The molecule has 3 rings (SSSR count). The van der Waals surface area contributed by atoms with Gasteiger partial charge in [-0.15, -0.1) is 12.4 Å². The summed E-state index contributed by atoms with van der Waals surface area (Å²) in [4.78, 5) is 13.8. The summed E-state index contributed by atoms with van der Waals surface area (Å²) in [7, 11) is -3.80. The molecule has 27 heavy (non-hydrogen) atoms. The molecule has 2 saturated heterocycles. The molecule has 2 atom stereocenters. The Morgan fingerprint density at radius 3 is 2.48 bits per heavy atom. The molecule has 6 nitrogen and oxygen atoms in total. The Bertz CT molecular complexity index is 782. The predicted octanol–water partition coefficient (Wildman–Crippen LogP) is 2.23. The third-order valence-electron chi connectivity index (χ3n) is 5.37. The Labute approximate surface area is 166 Å². The number of halogens is 2. The number of nitrogens with two attached hydrogens (primary N) is 1. The molecule has 2 aliphatic heterocycles. The maximum Gasteiger partial charge on any atom is 0.256 e. The molecule has 0 aromatic heterocycles. The van der Waals surface area contributed by atoms with Gasteiger partial charge in [-0.05, 0) is 56.7 Å². The number of amides is 1. The minimum atomic E-state index is -3.80. The normalized spacial score (nSPS) is 22.3. The number of hydrogen-bond donors (Lipinski definition) is 1. The number of piperidine rings is 1. The standard InChI is InChI=1S/C18H26FN3O3S.ClH/c1-13(20)14-5-4-10-22(12-14)26(24,25)15-6-7-16(17(19)11-15)18(23)21-8-2-3-9-21;/h6-7,11,13-14H,2-5,8-10,12,20H2,1H3;1H. The lowest BCUT2D eigenvalue weighted by atomic mass is 9.93. The molecular weight excluding hydrogens is 393 g/mol. The number of hydrogen-bond acceptors (Lipinski definition) is 4. The molecule has 1 aromatic carbocycles. The van der Waals surface area contributed by atoms with Crippen molar-refractivity contribution in [1.29, 1.82) is 0 Å². The molecule has 152 valence electrons. The summed E-state index contributed by atoms with van der Waals surface area (Å²) in [6.07, 6.45) is 3.45. The van der Waals surface area contributed by atoms with Crippen LogP contribution in [0.1, 0.15) is 43.0 Å². The first-order chi connectivity index (χ1) is 12.3. The number of nitrogens with zero attached hydrogens (tertiary/aromatic N) is 2. The predicted molar refractivity (Wildman–Crippen MR) is 104 cm³/mol. The lowest BCUT2D eigenvalue weighted by molar-refractivity contribution is 0.0788. The third-order valence-corrected chi connectivity index (χ3v) is 7.23. The third kappa shape index (κ3) is 4.62. The van der Waals surface area contributed by atoms with E-state index in [9.17, 15) is 17.6 Å². The fourth-order valence-corrected chi connectivity index (χ4v) is 5.24. The van der Waals surface area contributed by atoms with Crippen LogP contribution in [0.2, 0.25) is 0 Å². The van der Waals surface area contributed by atoms with Crippen LogP contribution in [-0.2, 0) is 10.0 Å². The van der Waals surface area contributed by atoms with Gasteiger partial charge in [-0.25, -0.2) is 12.8 Å². The van der Waals surface area contributed by atoms with Crippen molar-refractivity contribution >= 4 is 28.3 Å². The molecule has 1 aromatic rings. The van der Waals surface area contributed by atoms with E-state index in [1.165, 1.54) is 16.4 Å². The summed E-state index contributed by atoms with van der Waals surface area (Å²) in [6, 6.07) is 3.49. The molecule has 2 heterocycles. The van der Waals surface area contributed by atoms with Crippen LogP contribution >= 0.6 is 12.4 Å². The number of carbonyl (C=O) groups is 1. The van der Waals surface area contributed by atoms with E-state index >= 15 is 0 Å². The first kappa shape index (κ1) is 22.1. The summed E-state index contributed by atoms with van der Waals surface area (Å²) in [5.41, 5.74) is 5.85. The molecule has 0 spiro atoms. The summed E-state index contributed by atoms with van der Waals surface area (Å²) in [6.45, 7) is 3.85. The van der Waals surface area contributed by atoms with E-state index in [1.807, 2.05) is 6.92 Å². The molecule has 0 radical (unpaired) electrons. The number of benzene rings is 1. The number of sulfonamides is 1. The van der Waals surface area contributed by atoms with Gasteiger partial charge in [0.05, 0.1) is 10.5 Å². The van der Waals surface area contributed by atoms with Crippen molar-refractivity contribution in [3.8, 4) is 0 Å². The smallest absolute Gasteiger partial charge is 0.256 e. The second-order valence-electron chi connectivity index (χ2n) is 7.27. The lowest BCUT2D eigenvalue weighted by Gasteiger charge is -2.33. The van der Waals surface area contributed by atoms with E-state index < -0.39 is 15.8 Å². The molecule has 2 aliphatic rings. The maximum atomic E-state index is 14.5. The van der Waals surface area contributed by atoms with E-state index in [1.54, 1.807) is 4.90 Å². The van der Waals surface area contributed by atoms with Gasteiger partial charge in [0.1, 0.15) is 5.82 Å². The van der Waals surface area contributed by atoms with Crippen LogP contribution in [-0.4, -0.2) is 55.8 Å². The summed E-state index contributed by atoms with van der Waals surface area (Å²) in [5.74, 6) is -1.07. The van der Waals surface area contributed by atoms with E-state index in [0.717, 1.165) is 31.7 Å². The highest BCUT2D eigenvalue weighted by molar-refractivity contribution is 7.89. The van der Waals surface area contributed by atoms with Gasteiger partial charge in [0.25, 0.3) is 5.91 Å². The van der Waals surface area contributed by atoms with Gasteiger partial charge in [0.2, 0.25) is 10.0 Å². The highest BCUT2D eigenvalue weighted by Gasteiger charge is 2.32. The molecule has 2 N–H and O–H groups in total. The summed E-state index contributed by atoms with van der Waals surface area (Å²) >= 11 is 0. The van der Waals surface area contributed by atoms with Crippen LogP contribution in [0.4, 0.5) is 4.39 Å². The first-order valence-electron chi connectivity index (χ1n) is 9.15. The molecule has 0 aliphatic carbocycles. The number of rotatable bonds is 4. The van der Waals surface area contributed by atoms with Gasteiger partial charge in [0, 0.05) is 32.2 Å². The van der Waals surface area contributed by atoms with E-state index in [4.69, 9.17) is 5.73 Å². The zero-order chi connectivity index (χ0) is 18.9. The Morgan fingerprint density at radius 1 is 1.22 bits per heavy atom. The highest BCUT2D eigenvalue weighted by atomic mass is 35.5. The van der Waals surface area contributed by atoms with Gasteiger partial charge in [-0.1, -0.05) is 0 Å². The van der Waals surface area contributed by atoms with E-state index in [0.29, 0.717) is 26.2 Å². The van der Waals surface area contributed by atoms with Crippen LogP contribution in [0.3, 0.4) is 0 Å². The van der Waals surface area contributed by atoms with Gasteiger partial charge >= 0.3 is 0 Å². The Balaban J connectivity index is 0.00000261. The second-order valence-corrected chi connectivity index (χ2v) is 9.20. The van der Waals surface area contributed by atoms with Crippen LogP contribution in [0.25, 0.3) is 0 Å². The van der Waals surface area contributed by atoms with Crippen LogP contribution in [0.15, 0.2) is 23.1 Å².